The number of benzene rings is 3. The molecular formula is C21H17N3O2. The van der Waals surface area contributed by atoms with Gasteiger partial charge in [-0.2, -0.15) is 5.26 Å². The molecule has 2 amide bonds. The minimum atomic E-state index is -0.377. The van der Waals surface area contributed by atoms with Gasteiger partial charge in [0.1, 0.15) is 12.4 Å². The van der Waals surface area contributed by atoms with E-state index in [2.05, 4.69) is 10.6 Å². The molecule has 0 aliphatic rings. The molecule has 0 aromatic heterocycles. The van der Waals surface area contributed by atoms with Gasteiger partial charge in [0, 0.05) is 11.4 Å². The number of rotatable bonds is 5. The summed E-state index contributed by atoms with van der Waals surface area (Å²) in [7, 11) is 0. The molecular weight excluding hydrogens is 326 g/mol. The Kier molecular flexibility index (Phi) is 5.48. The Morgan fingerprint density at radius 3 is 2.35 bits per heavy atom. The highest BCUT2D eigenvalue weighted by atomic mass is 16.5. The van der Waals surface area contributed by atoms with Gasteiger partial charge < -0.3 is 15.4 Å². The Morgan fingerprint density at radius 2 is 1.62 bits per heavy atom. The molecule has 0 saturated carbocycles. The van der Waals surface area contributed by atoms with Gasteiger partial charge in [-0.25, -0.2) is 4.79 Å². The van der Waals surface area contributed by atoms with E-state index in [0.717, 1.165) is 11.3 Å². The molecule has 3 aromatic rings. The van der Waals surface area contributed by atoms with E-state index in [1.807, 2.05) is 36.4 Å². The van der Waals surface area contributed by atoms with Crippen LogP contribution in [0.3, 0.4) is 0 Å². The first-order chi connectivity index (χ1) is 12.7. The normalized spacial score (nSPS) is 9.81. The maximum absolute atomic E-state index is 12.0. The zero-order chi connectivity index (χ0) is 18.2. The third-order valence-electron chi connectivity index (χ3n) is 3.61. The highest BCUT2D eigenvalue weighted by molar-refractivity contribution is 5.99. The molecule has 5 heteroatoms. The second-order valence-corrected chi connectivity index (χ2v) is 5.57. The number of nitriles is 1. The molecule has 0 fully saturated rings. The van der Waals surface area contributed by atoms with Crippen LogP contribution < -0.4 is 15.4 Å². The van der Waals surface area contributed by atoms with Crippen LogP contribution in [0.1, 0.15) is 11.1 Å². The van der Waals surface area contributed by atoms with Crippen LogP contribution in [0.2, 0.25) is 0 Å². The monoisotopic (exact) mass is 343 g/mol. The van der Waals surface area contributed by atoms with E-state index in [-0.39, 0.29) is 6.03 Å². The molecule has 128 valence electrons. The lowest BCUT2D eigenvalue weighted by molar-refractivity contribution is 0.262. The zero-order valence-electron chi connectivity index (χ0n) is 14.0. The molecule has 0 saturated heterocycles. The molecule has 0 heterocycles. The van der Waals surface area contributed by atoms with Crippen molar-refractivity contribution in [2.24, 2.45) is 0 Å². The summed E-state index contributed by atoms with van der Waals surface area (Å²) < 4.78 is 5.71. The van der Waals surface area contributed by atoms with Crippen molar-refractivity contribution in [2.75, 3.05) is 10.6 Å². The van der Waals surface area contributed by atoms with Crippen LogP contribution in [0.15, 0.2) is 78.9 Å². The molecule has 0 aliphatic carbocycles. The van der Waals surface area contributed by atoms with Gasteiger partial charge in [-0.3, -0.25) is 0 Å². The summed E-state index contributed by atoms with van der Waals surface area (Å²) in [4.78, 5) is 12.0. The lowest BCUT2D eigenvalue weighted by Crippen LogP contribution is -2.19. The molecule has 0 unspecified atom stereocenters. The Hall–Kier alpha value is -3.78. The predicted octanol–water partition coefficient (Wildman–Crippen LogP) is 4.78. The van der Waals surface area contributed by atoms with Crippen LogP contribution in [-0.2, 0) is 6.61 Å². The van der Waals surface area contributed by atoms with Gasteiger partial charge in [0.2, 0.25) is 0 Å². The minimum Gasteiger partial charge on any atom is -0.489 e. The van der Waals surface area contributed by atoms with Crippen LogP contribution in [0, 0.1) is 11.3 Å². The number of carbonyl (C=O) groups excluding carboxylic acids is 1. The fourth-order valence-corrected chi connectivity index (χ4v) is 2.34. The van der Waals surface area contributed by atoms with E-state index in [1.165, 1.54) is 0 Å². The summed E-state index contributed by atoms with van der Waals surface area (Å²) in [5.74, 6) is 0.724. The van der Waals surface area contributed by atoms with E-state index in [9.17, 15) is 4.79 Å². The summed E-state index contributed by atoms with van der Waals surface area (Å²) in [6.07, 6.45) is 0. The first kappa shape index (κ1) is 17.1. The molecule has 0 radical (unpaired) electrons. The van der Waals surface area contributed by atoms with Crippen molar-refractivity contribution in [2.45, 2.75) is 6.61 Å². The highest BCUT2D eigenvalue weighted by Crippen LogP contribution is 2.18. The molecule has 5 nitrogen and oxygen atoms in total. The Balaban J connectivity index is 1.53. The van der Waals surface area contributed by atoms with Gasteiger partial charge in [-0.15, -0.1) is 0 Å². The number of hydrogen-bond acceptors (Lipinski definition) is 3. The van der Waals surface area contributed by atoms with Crippen LogP contribution in [0.5, 0.6) is 5.75 Å². The lowest BCUT2D eigenvalue weighted by atomic mass is 10.2. The van der Waals surface area contributed by atoms with E-state index in [0.29, 0.717) is 23.5 Å². The summed E-state index contributed by atoms with van der Waals surface area (Å²) in [5, 5.41) is 14.3. The molecule has 0 atom stereocenters. The number of urea groups is 1. The number of amides is 2. The quantitative estimate of drug-likeness (QED) is 0.700. The van der Waals surface area contributed by atoms with Gasteiger partial charge in [0.15, 0.2) is 0 Å². The summed E-state index contributed by atoms with van der Waals surface area (Å²) in [5.41, 5.74) is 2.78. The molecule has 3 aromatic carbocycles. The fraction of sp³-hybridized carbons (Fsp3) is 0.0476. The third-order valence-corrected chi connectivity index (χ3v) is 3.61. The maximum Gasteiger partial charge on any atom is 0.323 e. The van der Waals surface area contributed by atoms with Crippen molar-refractivity contribution in [1.82, 2.24) is 0 Å². The first-order valence-corrected chi connectivity index (χ1v) is 8.08. The van der Waals surface area contributed by atoms with Crippen molar-refractivity contribution < 1.29 is 9.53 Å². The number of carbonyl (C=O) groups is 1. The summed E-state index contributed by atoms with van der Waals surface area (Å²) in [6.45, 7) is 0.489. The summed E-state index contributed by atoms with van der Waals surface area (Å²) >= 11 is 0. The van der Waals surface area contributed by atoms with Gasteiger partial charge >= 0.3 is 6.03 Å². The topological polar surface area (TPSA) is 74.2 Å². The molecule has 0 bridgehead atoms. The largest absolute Gasteiger partial charge is 0.489 e. The number of anilines is 2. The van der Waals surface area contributed by atoms with Crippen LogP contribution >= 0.6 is 0 Å². The molecule has 0 aliphatic heterocycles. The molecule has 26 heavy (non-hydrogen) atoms. The SMILES string of the molecule is N#Cc1cccc(NC(=O)Nc2ccc(OCc3ccccc3)cc2)c1. The number of nitrogens with one attached hydrogen (secondary N) is 2. The number of nitrogens with zero attached hydrogens (tertiary/aromatic N) is 1. The van der Waals surface area contributed by atoms with E-state index in [1.54, 1.807) is 48.5 Å². The van der Waals surface area contributed by atoms with Crippen molar-refractivity contribution >= 4 is 17.4 Å². The van der Waals surface area contributed by atoms with Gasteiger partial charge in [0.25, 0.3) is 0 Å². The average Bonchev–Trinajstić information content (AvgIpc) is 2.68. The Morgan fingerprint density at radius 1 is 0.885 bits per heavy atom. The van der Waals surface area contributed by atoms with Crippen molar-refractivity contribution in [1.29, 1.82) is 5.26 Å². The van der Waals surface area contributed by atoms with Crippen molar-refractivity contribution in [3.05, 3.63) is 90.0 Å². The second kappa shape index (κ2) is 8.36. The van der Waals surface area contributed by atoms with Crippen LogP contribution in [0.25, 0.3) is 0 Å². The van der Waals surface area contributed by atoms with E-state index >= 15 is 0 Å². The lowest BCUT2D eigenvalue weighted by Gasteiger charge is -2.09. The Bertz CT molecular complexity index is 916. The van der Waals surface area contributed by atoms with Crippen molar-refractivity contribution in [3.8, 4) is 11.8 Å². The van der Waals surface area contributed by atoms with E-state index < -0.39 is 0 Å². The maximum atomic E-state index is 12.0. The van der Waals surface area contributed by atoms with Crippen LogP contribution in [-0.4, -0.2) is 6.03 Å². The zero-order valence-corrected chi connectivity index (χ0v) is 14.0. The Labute approximate surface area is 151 Å². The minimum absolute atomic E-state index is 0.377. The first-order valence-electron chi connectivity index (χ1n) is 8.08. The average molecular weight is 343 g/mol. The molecule has 0 spiro atoms. The fourth-order valence-electron chi connectivity index (χ4n) is 2.34. The third kappa shape index (κ3) is 4.86. The number of ether oxygens (including phenoxy) is 1. The molecule has 2 N–H and O–H groups in total. The van der Waals surface area contributed by atoms with Gasteiger partial charge in [0.05, 0.1) is 11.6 Å². The number of hydrogen-bond donors (Lipinski definition) is 2. The highest BCUT2D eigenvalue weighted by Gasteiger charge is 2.04. The smallest absolute Gasteiger partial charge is 0.323 e. The molecule has 3 rings (SSSR count). The van der Waals surface area contributed by atoms with E-state index in [4.69, 9.17) is 10.00 Å². The van der Waals surface area contributed by atoms with Gasteiger partial charge in [-0.05, 0) is 48.0 Å². The van der Waals surface area contributed by atoms with Crippen molar-refractivity contribution in [3.63, 3.8) is 0 Å². The van der Waals surface area contributed by atoms with Gasteiger partial charge in [-0.1, -0.05) is 36.4 Å². The van der Waals surface area contributed by atoms with Crippen LogP contribution in [0.4, 0.5) is 16.2 Å². The predicted molar refractivity (Wildman–Crippen MR) is 101 cm³/mol. The second-order valence-electron chi connectivity index (χ2n) is 5.57. The standard InChI is InChI=1S/C21H17N3O2/c22-14-17-7-4-8-19(13-17)24-21(25)23-18-9-11-20(12-10-18)26-15-16-5-2-1-3-6-16/h1-13H,15H2,(H2,23,24,25). The summed E-state index contributed by atoms with van der Waals surface area (Å²) in [6, 6.07) is 25.4.